The van der Waals surface area contributed by atoms with Gasteiger partial charge in [0.05, 0.1) is 49.8 Å². The molecule has 0 aromatic heterocycles. The SMILES string of the molecule is COC(=O)CCO/N=C/c1cc(C(=O)ONCCO)c(Nc2ccc(C)cc2F)c(F)c1F. The Morgan fingerprint density at radius 2 is 1.94 bits per heavy atom. The Morgan fingerprint density at radius 3 is 2.61 bits per heavy atom. The Bertz CT molecular complexity index is 1030. The van der Waals surface area contributed by atoms with Crippen molar-refractivity contribution in [3.8, 4) is 0 Å². The minimum Gasteiger partial charge on any atom is -0.469 e. The second-order valence-electron chi connectivity index (χ2n) is 6.53. The number of aliphatic hydroxyl groups excluding tert-OH is 1. The van der Waals surface area contributed by atoms with Gasteiger partial charge in [0.25, 0.3) is 0 Å². The van der Waals surface area contributed by atoms with Gasteiger partial charge in [0.15, 0.2) is 11.6 Å². The van der Waals surface area contributed by atoms with E-state index in [2.05, 4.69) is 20.7 Å². The molecule has 2 aromatic rings. The van der Waals surface area contributed by atoms with Crippen LogP contribution in [0.4, 0.5) is 24.5 Å². The number of hydrogen-bond acceptors (Lipinski definition) is 9. The highest BCUT2D eigenvalue weighted by Crippen LogP contribution is 2.30. The van der Waals surface area contributed by atoms with E-state index >= 15 is 0 Å². The fourth-order valence-electron chi connectivity index (χ4n) is 2.47. The predicted octanol–water partition coefficient (Wildman–Crippen LogP) is 2.72. The third kappa shape index (κ3) is 7.19. The first-order chi connectivity index (χ1) is 15.8. The number of carbonyl (C=O) groups is 2. The molecule has 9 nitrogen and oxygen atoms in total. The van der Waals surface area contributed by atoms with Crippen LogP contribution in [0.15, 0.2) is 29.4 Å². The molecule has 178 valence electrons. The molecule has 0 amide bonds. The first-order valence-corrected chi connectivity index (χ1v) is 9.60. The third-order valence-corrected chi connectivity index (χ3v) is 4.11. The van der Waals surface area contributed by atoms with Crippen molar-refractivity contribution in [3.63, 3.8) is 0 Å². The van der Waals surface area contributed by atoms with Gasteiger partial charge in [-0.1, -0.05) is 11.2 Å². The highest BCUT2D eigenvalue weighted by atomic mass is 19.2. The first-order valence-electron chi connectivity index (χ1n) is 9.60. The fraction of sp³-hybridized carbons (Fsp3) is 0.286. The van der Waals surface area contributed by atoms with Crippen LogP contribution in [0.2, 0.25) is 0 Å². The summed E-state index contributed by atoms with van der Waals surface area (Å²) in [5.41, 5.74) is 0.903. The van der Waals surface area contributed by atoms with E-state index in [1.165, 1.54) is 25.3 Å². The molecular formula is C21H22F3N3O6. The van der Waals surface area contributed by atoms with Crippen LogP contribution in [0, 0.1) is 24.4 Å². The smallest absolute Gasteiger partial charge is 0.359 e. The Kier molecular flexibility index (Phi) is 9.63. The Hall–Kier alpha value is -3.64. The number of anilines is 2. The van der Waals surface area contributed by atoms with E-state index in [1.54, 1.807) is 6.92 Å². The highest BCUT2D eigenvalue weighted by Gasteiger charge is 2.24. The topological polar surface area (TPSA) is 118 Å². The molecule has 0 radical (unpaired) electrons. The summed E-state index contributed by atoms with van der Waals surface area (Å²) in [6, 6.07) is 4.92. The summed E-state index contributed by atoms with van der Waals surface area (Å²) in [5, 5.41) is 14.6. The molecule has 0 saturated carbocycles. The minimum absolute atomic E-state index is 0.118. The lowest BCUT2D eigenvalue weighted by molar-refractivity contribution is -0.141. The van der Waals surface area contributed by atoms with Crippen molar-refractivity contribution in [2.45, 2.75) is 13.3 Å². The summed E-state index contributed by atoms with van der Waals surface area (Å²) in [6.45, 7) is 0.988. The van der Waals surface area contributed by atoms with Gasteiger partial charge in [-0.2, -0.15) is 5.48 Å². The lowest BCUT2D eigenvalue weighted by atomic mass is 10.1. The van der Waals surface area contributed by atoms with Crippen LogP contribution < -0.4 is 10.8 Å². The van der Waals surface area contributed by atoms with Crippen molar-refractivity contribution in [2.24, 2.45) is 5.16 Å². The maximum absolute atomic E-state index is 14.9. The van der Waals surface area contributed by atoms with E-state index in [0.29, 0.717) is 5.56 Å². The van der Waals surface area contributed by atoms with Crippen LogP contribution in [0.1, 0.15) is 27.9 Å². The van der Waals surface area contributed by atoms with Crippen LogP contribution in [0.5, 0.6) is 0 Å². The van der Waals surface area contributed by atoms with Gasteiger partial charge in [-0.25, -0.2) is 18.0 Å². The summed E-state index contributed by atoms with van der Waals surface area (Å²) in [5.74, 6) is -5.34. The minimum atomic E-state index is -1.50. The third-order valence-electron chi connectivity index (χ3n) is 4.11. The van der Waals surface area contributed by atoms with Crippen LogP contribution in [0.3, 0.4) is 0 Å². The number of hydrogen-bond donors (Lipinski definition) is 3. The number of esters is 1. The van der Waals surface area contributed by atoms with Gasteiger partial charge in [0.2, 0.25) is 0 Å². The number of rotatable bonds is 11. The Morgan fingerprint density at radius 1 is 1.18 bits per heavy atom. The molecule has 0 fully saturated rings. The monoisotopic (exact) mass is 469 g/mol. The lowest BCUT2D eigenvalue weighted by Crippen LogP contribution is -2.24. The predicted molar refractivity (Wildman–Crippen MR) is 111 cm³/mol. The molecule has 0 unspecified atom stereocenters. The molecule has 0 atom stereocenters. The molecule has 0 bridgehead atoms. The second-order valence-corrected chi connectivity index (χ2v) is 6.53. The Balaban J connectivity index is 2.37. The summed E-state index contributed by atoms with van der Waals surface area (Å²) in [4.78, 5) is 33.0. The van der Waals surface area contributed by atoms with Crippen molar-refractivity contribution in [1.82, 2.24) is 5.48 Å². The maximum Gasteiger partial charge on any atom is 0.359 e. The molecular weight excluding hydrogens is 447 g/mol. The number of aliphatic hydroxyl groups is 1. The van der Waals surface area contributed by atoms with Crippen molar-refractivity contribution in [1.29, 1.82) is 0 Å². The van der Waals surface area contributed by atoms with Gasteiger partial charge >= 0.3 is 11.9 Å². The average Bonchev–Trinajstić information content (AvgIpc) is 2.79. The number of oxime groups is 1. The molecule has 12 heteroatoms. The van der Waals surface area contributed by atoms with Gasteiger partial charge in [-0.05, 0) is 30.7 Å². The molecule has 2 rings (SSSR count). The summed E-state index contributed by atoms with van der Waals surface area (Å²) >= 11 is 0. The highest BCUT2D eigenvalue weighted by molar-refractivity contribution is 5.99. The van der Waals surface area contributed by atoms with Crippen molar-refractivity contribution >= 4 is 29.5 Å². The van der Waals surface area contributed by atoms with Crippen molar-refractivity contribution < 1.29 is 42.3 Å². The summed E-state index contributed by atoms with van der Waals surface area (Å²) < 4.78 is 48.2. The largest absolute Gasteiger partial charge is 0.469 e. The van der Waals surface area contributed by atoms with Gasteiger partial charge in [-0.3, -0.25) is 4.79 Å². The molecule has 0 saturated heterocycles. The second kappa shape index (κ2) is 12.4. The number of nitrogens with one attached hydrogen (secondary N) is 2. The van der Waals surface area contributed by atoms with E-state index in [1.807, 2.05) is 0 Å². The van der Waals surface area contributed by atoms with E-state index in [0.717, 1.165) is 12.3 Å². The quantitative estimate of drug-likeness (QED) is 0.199. The molecule has 33 heavy (non-hydrogen) atoms. The van der Waals surface area contributed by atoms with Crippen LogP contribution in [-0.2, 0) is 19.2 Å². The van der Waals surface area contributed by atoms with E-state index < -0.39 is 46.2 Å². The summed E-state index contributed by atoms with van der Waals surface area (Å²) in [6.07, 6.45) is 0.674. The van der Waals surface area contributed by atoms with Gasteiger partial charge in [0.1, 0.15) is 12.4 Å². The van der Waals surface area contributed by atoms with Crippen molar-refractivity contribution in [3.05, 3.63) is 58.4 Å². The number of methoxy groups -OCH3 is 1. The van der Waals surface area contributed by atoms with Crippen molar-refractivity contribution in [2.75, 3.05) is 32.2 Å². The maximum atomic E-state index is 14.9. The van der Waals surface area contributed by atoms with Crippen LogP contribution in [0.25, 0.3) is 0 Å². The molecule has 0 aliphatic rings. The number of ether oxygens (including phenoxy) is 1. The van der Waals surface area contributed by atoms with Gasteiger partial charge < -0.3 is 24.8 Å². The van der Waals surface area contributed by atoms with E-state index in [9.17, 15) is 22.8 Å². The average molecular weight is 469 g/mol. The number of hydroxylamine groups is 1. The zero-order valence-electron chi connectivity index (χ0n) is 17.8. The lowest BCUT2D eigenvalue weighted by Gasteiger charge is -2.15. The van der Waals surface area contributed by atoms with Gasteiger partial charge in [-0.15, -0.1) is 0 Å². The number of benzene rings is 2. The van der Waals surface area contributed by atoms with E-state index in [-0.39, 0.29) is 31.9 Å². The molecule has 0 heterocycles. The number of carbonyl (C=O) groups excluding carboxylic acids is 2. The zero-order chi connectivity index (χ0) is 24.4. The zero-order valence-corrected chi connectivity index (χ0v) is 17.8. The Labute approximate surface area is 187 Å². The molecule has 0 aliphatic carbocycles. The van der Waals surface area contributed by atoms with Crippen LogP contribution >= 0.6 is 0 Å². The molecule has 3 N–H and O–H groups in total. The normalized spacial score (nSPS) is 10.8. The van der Waals surface area contributed by atoms with E-state index in [4.69, 9.17) is 14.8 Å². The van der Waals surface area contributed by atoms with Gasteiger partial charge in [0, 0.05) is 5.56 Å². The molecule has 0 aliphatic heterocycles. The summed E-state index contributed by atoms with van der Waals surface area (Å²) in [7, 11) is 1.19. The number of aryl methyl sites for hydroxylation is 1. The molecule has 2 aromatic carbocycles. The standard InChI is InChI=1S/C21H22F3N3O6/c1-12-3-4-16(15(22)9-12)27-20-14(21(30)33-25-6-7-28)10-13(18(23)19(20)24)11-26-32-8-5-17(29)31-2/h3-4,9-11,25,27-28H,5-8H2,1-2H3/b26-11+. The number of halogens is 3. The first kappa shape index (κ1) is 25.6. The molecule has 0 spiro atoms. The fourth-order valence-corrected chi connectivity index (χ4v) is 2.47. The van der Waals surface area contributed by atoms with Crippen LogP contribution in [-0.4, -0.2) is 50.1 Å². The number of nitrogens with zero attached hydrogens (tertiary/aromatic N) is 1.